The van der Waals surface area contributed by atoms with Crippen molar-refractivity contribution in [2.45, 2.75) is 26.7 Å². The molecule has 2 amide bonds. The van der Waals surface area contributed by atoms with Crippen LogP contribution in [0, 0.1) is 6.92 Å². The number of amides is 2. The van der Waals surface area contributed by atoms with Crippen LogP contribution in [-0.4, -0.2) is 57.3 Å². The molecule has 1 aliphatic rings. The number of carbonyl (C=O) groups is 3. The minimum absolute atomic E-state index is 0.211. The highest BCUT2D eigenvalue weighted by Gasteiger charge is 2.30. The first-order valence-corrected chi connectivity index (χ1v) is 8.37. The van der Waals surface area contributed by atoms with Crippen molar-refractivity contribution in [1.82, 2.24) is 19.8 Å². The van der Waals surface area contributed by atoms with Gasteiger partial charge in [-0.15, -0.1) is 0 Å². The molecule has 1 saturated heterocycles. The standard InChI is InChI=1S/C16H21ClN4O4/c1-4-25-15(24)10-14(23)21-9-5-8-20(21)13(22)7-6-12-11(2)18-19(3)16(12)17/h6-7H,4-5,8-10H2,1-3H3/b7-6+. The first kappa shape index (κ1) is 19.0. The van der Waals surface area contributed by atoms with Crippen LogP contribution in [-0.2, 0) is 26.2 Å². The maximum atomic E-state index is 12.4. The summed E-state index contributed by atoms with van der Waals surface area (Å²) in [5.74, 6) is -1.40. The largest absolute Gasteiger partial charge is 0.466 e. The third kappa shape index (κ3) is 4.39. The Bertz CT molecular complexity index is 713. The Hall–Kier alpha value is -2.35. The third-order valence-corrected chi connectivity index (χ3v) is 4.21. The average molecular weight is 369 g/mol. The molecule has 1 aromatic heterocycles. The van der Waals surface area contributed by atoms with Crippen molar-refractivity contribution in [3.05, 3.63) is 22.5 Å². The van der Waals surface area contributed by atoms with Gasteiger partial charge in [0.25, 0.3) is 11.8 Å². The van der Waals surface area contributed by atoms with Gasteiger partial charge in [0.2, 0.25) is 0 Å². The Kier molecular flexibility index (Phi) is 6.19. The highest BCUT2D eigenvalue weighted by Crippen LogP contribution is 2.21. The van der Waals surface area contributed by atoms with Crippen molar-refractivity contribution in [3.8, 4) is 0 Å². The second-order valence-electron chi connectivity index (χ2n) is 5.56. The first-order chi connectivity index (χ1) is 11.8. The second kappa shape index (κ2) is 8.15. The highest BCUT2D eigenvalue weighted by molar-refractivity contribution is 6.31. The Balaban J connectivity index is 2.06. The summed E-state index contributed by atoms with van der Waals surface area (Å²) in [6.07, 6.45) is 3.21. The molecule has 1 fully saturated rings. The van der Waals surface area contributed by atoms with E-state index in [0.29, 0.717) is 35.9 Å². The van der Waals surface area contributed by atoms with Crippen molar-refractivity contribution in [3.63, 3.8) is 0 Å². The van der Waals surface area contributed by atoms with E-state index in [4.69, 9.17) is 16.3 Å². The van der Waals surface area contributed by atoms with E-state index >= 15 is 0 Å². The van der Waals surface area contributed by atoms with Gasteiger partial charge < -0.3 is 4.74 Å². The Morgan fingerprint density at radius 2 is 1.96 bits per heavy atom. The number of aromatic nitrogens is 2. The molecular weight excluding hydrogens is 348 g/mol. The zero-order chi connectivity index (χ0) is 18.6. The summed E-state index contributed by atoms with van der Waals surface area (Å²) in [7, 11) is 1.71. The number of aryl methyl sites for hydroxylation is 2. The Morgan fingerprint density at radius 1 is 1.28 bits per heavy atom. The van der Waals surface area contributed by atoms with Crippen LogP contribution in [0.1, 0.15) is 31.0 Å². The maximum Gasteiger partial charge on any atom is 0.315 e. The fourth-order valence-corrected chi connectivity index (χ4v) is 2.84. The molecule has 0 aromatic carbocycles. The molecule has 0 N–H and O–H groups in total. The van der Waals surface area contributed by atoms with Gasteiger partial charge in [-0.3, -0.25) is 24.1 Å². The van der Waals surface area contributed by atoms with E-state index in [1.165, 1.54) is 20.8 Å². The molecule has 0 unspecified atom stereocenters. The lowest BCUT2D eigenvalue weighted by Crippen LogP contribution is -2.44. The number of esters is 1. The molecule has 9 heteroatoms. The molecule has 136 valence electrons. The van der Waals surface area contributed by atoms with Crippen molar-refractivity contribution in [1.29, 1.82) is 0 Å². The van der Waals surface area contributed by atoms with E-state index in [2.05, 4.69) is 5.10 Å². The van der Waals surface area contributed by atoms with Crippen molar-refractivity contribution in [2.24, 2.45) is 7.05 Å². The van der Waals surface area contributed by atoms with E-state index in [1.807, 2.05) is 0 Å². The molecular formula is C16H21ClN4O4. The van der Waals surface area contributed by atoms with Crippen LogP contribution in [0.25, 0.3) is 6.08 Å². The summed E-state index contributed by atoms with van der Waals surface area (Å²) in [6, 6.07) is 0. The van der Waals surface area contributed by atoms with Gasteiger partial charge in [0.15, 0.2) is 0 Å². The summed E-state index contributed by atoms with van der Waals surface area (Å²) in [6.45, 7) is 4.48. The lowest BCUT2D eigenvalue weighted by Gasteiger charge is -2.26. The fourth-order valence-electron chi connectivity index (χ4n) is 2.60. The van der Waals surface area contributed by atoms with Gasteiger partial charge in [0, 0.05) is 31.8 Å². The molecule has 1 aromatic rings. The molecule has 0 radical (unpaired) electrons. The predicted molar refractivity (Wildman–Crippen MR) is 91.3 cm³/mol. The molecule has 0 aliphatic carbocycles. The van der Waals surface area contributed by atoms with Gasteiger partial charge in [-0.1, -0.05) is 11.6 Å². The monoisotopic (exact) mass is 368 g/mol. The fraction of sp³-hybridized carbons (Fsp3) is 0.500. The van der Waals surface area contributed by atoms with Gasteiger partial charge >= 0.3 is 5.97 Å². The zero-order valence-electron chi connectivity index (χ0n) is 14.5. The van der Waals surface area contributed by atoms with Crippen LogP contribution in [0.3, 0.4) is 0 Å². The summed E-state index contributed by atoms with van der Waals surface area (Å²) >= 11 is 6.13. The Morgan fingerprint density at radius 3 is 2.56 bits per heavy atom. The van der Waals surface area contributed by atoms with Crippen molar-refractivity contribution >= 4 is 35.5 Å². The summed E-state index contributed by atoms with van der Waals surface area (Å²) in [4.78, 5) is 36.1. The topological polar surface area (TPSA) is 84.7 Å². The first-order valence-electron chi connectivity index (χ1n) is 7.99. The molecule has 0 bridgehead atoms. The van der Waals surface area contributed by atoms with Crippen LogP contribution in [0.5, 0.6) is 0 Å². The Labute approximate surface area is 150 Å². The average Bonchev–Trinajstić information content (AvgIpc) is 3.12. The van der Waals surface area contributed by atoms with Crippen molar-refractivity contribution in [2.75, 3.05) is 19.7 Å². The number of nitrogens with zero attached hydrogens (tertiary/aromatic N) is 4. The molecule has 2 heterocycles. The van der Waals surface area contributed by atoms with Crippen LogP contribution in [0.15, 0.2) is 6.08 Å². The van der Waals surface area contributed by atoms with E-state index in [9.17, 15) is 14.4 Å². The van der Waals surface area contributed by atoms with E-state index < -0.39 is 11.9 Å². The smallest absolute Gasteiger partial charge is 0.315 e. The number of hydrazine groups is 1. The number of carbonyl (C=O) groups excluding carboxylic acids is 3. The van der Waals surface area contributed by atoms with Gasteiger partial charge in [-0.25, -0.2) is 5.01 Å². The number of hydrogen-bond donors (Lipinski definition) is 0. The minimum atomic E-state index is -0.597. The lowest BCUT2D eigenvalue weighted by molar-refractivity contribution is -0.159. The van der Waals surface area contributed by atoms with E-state index in [0.717, 1.165) is 0 Å². The summed E-state index contributed by atoms with van der Waals surface area (Å²) < 4.78 is 6.29. The van der Waals surface area contributed by atoms with Gasteiger partial charge in [-0.05, 0) is 26.3 Å². The van der Waals surface area contributed by atoms with Crippen LogP contribution in [0.2, 0.25) is 5.15 Å². The quantitative estimate of drug-likeness (QED) is 0.444. The number of rotatable bonds is 5. The van der Waals surface area contributed by atoms with Gasteiger partial charge in [-0.2, -0.15) is 5.10 Å². The van der Waals surface area contributed by atoms with E-state index in [1.54, 1.807) is 27.0 Å². The summed E-state index contributed by atoms with van der Waals surface area (Å²) in [5.41, 5.74) is 1.36. The van der Waals surface area contributed by atoms with Crippen LogP contribution >= 0.6 is 11.6 Å². The van der Waals surface area contributed by atoms with Crippen molar-refractivity contribution < 1.29 is 19.1 Å². The zero-order valence-corrected chi connectivity index (χ0v) is 15.2. The molecule has 0 spiro atoms. The van der Waals surface area contributed by atoms with Crippen LogP contribution in [0.4, 0.5) is 0 Å². The number of halogens is 1. The molecule has 0 saturated carbocycles. The molecule has 2 rings (SSSR count). The predicted octanol–water partition coefficient (Wildman–Crippen LogP) is 1.32. The van der Waals surface area contributed by atoms with E-state index in [-0.39, 0.29) is 18.9 Å². The minimum Gasteiger partial charge on any atom is -0.466 e. The third-order valence-electron chi connectivity index (χ3n) is 3.76. The molecule has 1 aliphatic heterocycles. The second-order valence-corrected chi connectivity index (χ2v) is 5.92. The van der Waals surface area contributed by atoms with Crippen LogP contribution < -0.4 is 0 Å². The SMILES string of the molecule is CCOC(=O)CC(=O)N1CCCN1C(=O)/C=C/c1c(C)nn(C)c1Cl. The number of hydrogen-bond acceptors (Lipinski definition) is 5. The normalized spacial score (nSPS) is 14.4. The molecule has 0 atom stereocenters. The maximum absolute atomic E-state index is 12.4. The number of ether oxygens (including phenoxy) is 1. The van der Waals surface area contributed by atoms with Gasteiger partial charge in [0.1, 0.15) is 11.6 Å². The highest BCUT2D eigenvalue weighted by atomic mass is 35.5. The summed E-state index contributed by atoms with van der Waals surface area (Å²) in [5, 5.41) is 7.22. The van der Waals surface area contributed by atoms with Gasteiger partial charge in [0.05, 0.1) is 12.3 Å². The lowest BCUT2D eigenvalue weighted by atomic mass is 10.2. The molecule has 8 nitrogen and oxygen atoms in total. The molecule has 25 heavy (non-hydrogen) atoms.